The summed E-state index contributed by atoms with van der Waals surface area (Å²) in [6, 6.07) is 0. The van der Waals surface area contributed by atoms with Crippen molar-refractivity contribution < 1.29 is 59.7 Å². The molecule has 1 unspecified atom stereocenters. The van der Waals surface area contributed by atoms with Gasteiger partial charge in [-0.15, -0.1) is 0 Å². The van der Waals surface area contributed by atoms with Crippen LogP contribution in [0.2, 0.25) is 0 Å². The number of carboxylic acids is 3. The Morgan fingerprint density at radius 2 is 0.971 bits per heavy atom. The van der Waals surface area contributed by atoms with E-state index in [0.717, 1.165) is 4.90 Å². The third-order valence-corrected chi connectivity index (χ3v) is 5.70. The fourth-order valence-corrected chi connectivity index (χ4v) is 4.13. The Morgan fingerprint density at radius 3 is 1.29 bits per heavy atom. The summed E-state index contributed by atoms with van der Waals surface area (Å²) in [5, 5.41) is 75.8. The molecular weight excluding hydrogens is 472 g/mol. The van der Waals surface area contributed by atoms with E-state index in [1.807, 2.05) is 0 Å². The molecule has 0 radical (unpaired) electrons. The molecule has 0 heterocycles. The number of hydrogen-bond donors (Lipinski definition) is 8. The van der Waals surface area contributed by atoms with E-state index in [-0.39, 0.29) is 52.5 Å². The number of nitrogens with zero attached hydrogens (tertiary/aromatic N) is 4. The van der Waals surface area contributed by atoms with Gasteiger partial charge in [0.25, 0.3) is 0 Å². The molecule has 0 aliphatic carbocycles. The number of quaternary nitrogens is 1. The van der Waals surface area contributed by atoms with Gasteiger partial charge in [-0.25, -0.2) is 9.69 Å². The van der Waals surface area contributed by atoms with Gasteiger partial charge in [-0.3, -0.25) is 23.9 Å². The van der Waals surface area contributed by atoms with E-state index in [1.165, 1.54) is 0 Å². The highest BCUT2D eigenvalue weighted by Crippen LogP contribution is 2.19. The number of aliphatic carboxylic acids is 3. The van der Waals surface area contributed by atoms with Gasteiger partial charge in [-0.2, -0.15) is 0 Å². The van der Waals surface area contributed by atoms with E-state index in [2.05, 4.69) is 0 Å². The van der Waals surface area contributed by atoms with Crippen molar-refractivity contribution >= 4 is 17.9 Å². The van der Waals surface area contributed by atoms with Crippen LogP contribution in [0.15, 0.2) is 0 Å². The summed E-state index contributed by atoms with van der Waals surface area (Å²) < 4.78 is -0.512. The van der Waals surface area contributed by atoms with Gasteiger partial charge in [0.05, 0.1) is 39.6 Å². The van der Waals surface area contributed by atoms with Crippen LogP contribution in [-0.2, 0) is 14.4 Å². The molecule has 0 aromatic rings. The van der Waals surface area contributed by atoms with E-state index in [9.17, 15) is 55.2 Å². The minimum Gasteiger partial charge on any atom is -0.480 e. The number of carbonyl (C=O) groups is 3. The zero-order chi connectivity index (χ0) is 26.9. The maximum absolute atomic E-state index is 12.3. The van der Waals surface area contributed by atoms with Gasteiger partial charge in [-0.05, 0) is 0 Å². The van der Waals surface area contributed by atoms with Crippen LogP contribution in [0, 0.1) is 0 Å². The number of aliphatic hydroxyl groups excluding tert-OH is 5. The molecule has 0 rings (SSSR count). The van der Waals surface area contributed by atoms with Crippen molar-refractivity contribution in [3.8, 4) is 0 Å². The molecule has 0 aliphatic rings. The van der Waals surface area contributed by atoms with Crippen LogP contribution in [0.4, 0.5) is 0 Å². The van der Waals surface area contributed by atoms with Crippen LogP contribution >= 0.6 is 0 Å². The second-order valence-electron chi connectivity index (χ2n) is 8.10. The number of carboxylic acid groups (broad SMARTS) is 3. The van der Waals surface area contributed by atoms with Gasteiger partial charge < -0.3 is 40.9 Å². The Kier molecular flexibility index (Phi) is 17.3. The van der Waals surface area contributed by atoms with Crippen molar-refractivity contribution in [2.75, 3.05) is 105 Å². The Morgan fingerprint density at radius 1 is 0.571 bits per heavy atom. The van der Waals surface area contributed by atoms with Crippen molar-refractivity contribution in [1.29, 1.82) is 0 Å². The molecule has 206 valence electrons. The normalized spacial score (nSPS) is 13.0. The Bertz CT molecular complexity index is 598. The molecule has 35 heavy (non-hydrogen) atoms. The zero-order valence-electron chi connectivity index (χ0n) is 20.0. The zero-order valence-corrected chi connectivity index (χ0v) is 20.0. The molecule has 0 bridgehead atoms. The number of hydrogen-bond acceptors (Lipinski definition) is 11. The van der Waals surface area contributed by atoms with Crippen molar-refractivity contribution in [2.45, 2.75) is 6.17 Å². The second kappa shape index (κ2) is 18.3. The topological polar surface area (TPSA) is 223 Å². The van der Waals surface area contributed by atoms with Crippen molar-refractivity contribution in [3.63, 3.8) is 0 Å². The highest BCUT2D eigenvalue weighted by Gasteiger charge is 2.46. The van der Waals surface area contributed by atoms with Gasteiger partial charge in [-0.1, -0.05) is 0 Å². The molecule has 0 spiro atoms. The molecule has 1 atom stereocenters. The lowest BCUT2D eigenvalue weighted by Gasteiger charge is -2.46. The summed E-state index contributed by atoms with van der Waals surface area (Å²) >= 11 is 0. The summed E-state index contributed by atoms with van der Waals surface area (Å²) in [5.41, 5.74) is 0. The monoisotopic (exact) mass is 513 g/mol. The summed E-state index contributed by atoms with van der Waals surface area (Å²) in [6.45, 7) is -1.77. The maximum Gasteiger partial charge on any atom is 0.379 e. The predicted octanol–water partition coefficient (Wildman–Crippen LogP) is -4.75. The molecule has 0 saturated heterocycles. The molecule has 15 nitrogen and oxygen atoms in total. The van der Waals surface area contributed by atoms with Crippen molar-refractivity contribution in [2.24, 2.45) is 0 Å². The third kappa shape index (κ3) is 12.5. The lowest BCUT2D eigenvalue weighted by Crippen LogP contribution is -2.69. The SMILES string of the molecule is O=C(O)CN(CC(=O)O)C(C(=O)O)[N+](CCO)(CCO)CCN(CCO)CCN(CCO)CCO. The molecule has 0 amide bonds. The molecular formula is C20H41N4O11+. The Labute approximate surface area is 204 Å². The van der Waals surface area contributed by atoms with Crippen LogP contribution in [0.25, 0.3) is 0 Å². The van der Waals surface area contributed by atoms with Crippen LogP contribution < -0.4 is 0 Å². The van der Waals surface area contributed by atoms with E-state index in [1.54, 1.807) is 9.80 Å². The lowest BCUT2D eigenvalue weighted by molar-refractivity contribution is -0.953. The van der Waals surface area contributed by atoms with Gasteiger partial charge in [0.2, 0.25) is 6.17 Å². The van der Waals surface area contributed by atoms with Crippen molar-refractivity contribution in [3.05, 3.63) is 0 Å². The second-order valence-corrected chi connectivity index (χ2v) is 8.10. The third-order valence-electron chi connectivity index (χ3n) is 5.70. The first-order valence-corrected chi connectivity index (χ1v) is 11.4. The molecule has 8 N–H and O–H groups in total. The van der Waals surface area contributed by atoms with E-state index >= 15 is 0 Å². The van der Waals surface area contributed by atoms with Crippen LogP contribution in [-0.4, -0.2) is 189 Å². The quantitative estimate of drug-likeness (QED) is 0.0475. The summed E-state index contributed by atoms with van der Waals surface area (Å²) in [5.74, 6) is -4.36. The molecule has 15 heteroatoms. The molecule has 0 saturated carbocycles. The fourth-order valence-electron chi connectivity index (χ4n) is 4.13. The Balaban J connectivity index is 5.97. The summed E-state index contributed by atoms with van der Waals surface area (Å²) in [4.78, 5) is 39.4. The number of aliphatic hydroxyl groups is 5. The lowest BCUT2D eigenvalue weighted by atomic mass is 10.2. The molecule has 0 aliphatic heterocycles. The first-order chi connectivity index (χ1) is 16.6. The standard InChI is InChI=1S/C20H40N4O11/c25-10-4-21(1-2-22(5-11-26)6-12-27)3-7-24(8-13-28,9-14-29)19(20(34)35)23(15-17(30)31)16-18(32)33/h19,25-29H,1-16H2,(H2-,30,31,32,33,34,35)/p+1. The Hall–Kier alpha value is -1.95. The first-order valence-electron chi connectivity index (χ1n) is 11.4. The first kappa shape index (κ1) is 33.0. The van der Waals surface area contributed by atoms with Gasteiger partial charge in [0.1, 0.15) is 26.2 Å². The van der Waals surface area contributed by atoms with Gasteiger partial charge in [0.15, 0.2) is 0 Å². The van der Waals surface area contributed by atoms with E-state index in [4.69, 9.17) is 0 Å². The number of rotatable bonds is 23. The van der Waals surface area contributed by atoms with Gasteiger partial charge in [0, 0.05) is 39.3 Å². The minimum atomic E-state index is -1.68. The van der Waals surface area contributed by atoms with Crippen LogP contribution in [0.3, 0.4) is 0 Å². The van der Waals surface area contributed by atoms with Crippen LogP contribution in [0.5, 0.6) is 0 Å². The largest absolute Gasteiger partial charge is 0.480 e. The predicted molar refractivity (Wildman–Crippen MR) is 121 cm³/mol. The van der Waals surface area contributed by atoms with Crippen molar-refractivity contribution in [1.82, 2.24) is 14.7 Å². The summed E-state index contributed by atoms with van der Waals surface area (Å²) in [7, 11) is 0. The van der Waals surface area contributed by atoms with E-state index in [0.29, 0.717) is 26.2 Å². The highest BCUT2D eigenvalue weighted by atomic mass is 16.4. The van der Waals surface area contributed by atoms with Crippen LogP contribution in [0.1, 0.15) is 0 Å². The molecule has 0 fully saturated rings. The highest BCUT2D eigenvalue weighted by molar-refractivity contribution is 5.77. The average molecular weight is 514 g/mol. The maximum atomic E-state index is 12.3. The molecule has 0 aromatic heterocycles. The summed E-state index contributed by atoms with van der Waals surface area (Å²) in [6.07, 6.45) is -1.68. The fraction of sp³-hybridized carbons (Fsp3) is 0.850. The smallest absolute Gasteiger partial charge is 0.379 e. The average Bonchev–Trinajstić information content (AvgIpc) is 2.75. The minimum absolute atomic E-state index is 0.00613. The van der Waals surface area contributed by atoms with Gasteiger partial charge >= 0.3 is 17.9 Å². The molecule has 0 aromatic carbocycles. The van der Waals surface area contributed by atoms with E-state index < -0.39 is 54.9 Å².